The van der Waals surface area contributed by atoms with E-state index in [4.69, 9.17) is 5.11 Å². The van der Waals surface area contributed by atoms with Crippen molar-refractivity contribution in [3.05, 3.63) is 27.2 Å². The molecule has 7 heteroatoms. The van der Waals surface area contributed by atoms with E-state index in [0.717, 1.165) is 10.6 Å². The minimum absolute atomic E-state index is 0.134. The van der Waals surface area contributed by atoms with E-state index in [2.05, 4.69) is 9.97 Å². The van der Waals surface area contributed by atoms with Crippen LogP contribution in [0.25, 0.3) is 0 Å². The van der Waals surface area contributed by atoms with Crippen LogP contribution in [0, 0.1) is 6.92 Å². The minimum Gasteiger partial charge on any atom is -0.476 e. The van der Waals surface area contributed by atoms with Crippen LogP contribution in [0.4, 0.5) is 5.13 Å². The molecule has 0 amide bonds. The number of thiazole rings is 2. The van der Waals surface area contributed by atoms with Crippen LogP contribution in [0.3, 0.4) is 0 Å². The summed E-state index contributed by atoms with van der Waals surface area (Å²) < 4.78 is 0. The summed E-state index contributed by atoms with van der Waals surface area (Å²) in [6.45, 7) is 2.40. The van der Waals surface area contributed by atoms with Gasteiger partial charge in [-0.1, -0.05) is 0 Å². The van der Waals surface area contributed by atoms with Gasteiger partial charge in [-0.2, -0.15) is 0 Å². The molecule has 0 atom stereocenters. The van der Waals surface area contributed by atoms with Gasteiger partial charge >= 0.3 is 5.97 Å². The van der Waals surface area contributed by atoms with E-state index in [1.807, 2.05) is 17.3 Å². The third-order valence-corrected chi connectivity index (χ3v) is 3.92. The van der Waals surface area contributed by atoms with Crippen LogP contribution in [0.5, 0.6) is 0 Å². The molecule has 0 saturated heterocycles. The Bertz CT molecular complexity index is 522. The number of aryl methyl sites for hydroxylation is 1. The highest BCUT2D eigenvalue weighted by atomic mass is 32.1. The van der Waals surface area contributed by atoms with Gasteiger partial charge in [-0.15, -0.1) is 22.7 Å². The van der Waals surface area contributed by atoms with Crippen molar-refractivity contribution >= 4 is 33.8 Å². The molecule has 90 valence electrons. The van der Waals surface area contributed by atoms with Crippen molar-refractivity contribution in [2.45, 2.75) is 13.5 Å². The van der Waals surface area contributed by atoms with Crippen molar-refractivity contribution < 1.29 is 9.90 Å². The lowest BCUT2D eigenvalue weighted by Gasteiger charge is -2.13. The van der Waals surface area contributed by atoms with Crippen LogP contribution in [-0.4, -0.2) is 28.1 Å². The smallest absolute Gasteiger partial charge is 0.355 e. The van der Waals surface area contributed by atoms with Gasteiger partial charge in [0.15, 0.2) is 10.8 Å². The first-order chi connectivity index (χ1) is 8.08. The average Bonchev–Trinajstić information content (AvgIpc) is 2.86. The summed E-state index contributed by atoms with van der Waals surface area (Å²) in [4.78, 5) is 21.8. The Morgan fingerprint density at radius 3 is 2.88 bits per heavy atom. The monoisotopic (exact) mass is 269 g/mol. The number of nitrogens with zero attached hydrogens (tertiary/aromatic N) is 3. The van der Waals surface area contributed by atoms with E-state index >= 15 is 0 Å². The molecule has 0 fully saturated rings. The summed E-state index contributed by atoms with van der Waals surface area (Å²) >= 11 is 2.92. The molecular formula is C10H11N3O2S2. The number of hydrogen-bond donors (Lipinski definition) is 1. The van der Waals surface area contributed by atoms with Gasteiger partial charge in [-0.05, 0) is 6.92 Å². The van der Waals surface area contributed by atoms with Crippen molar-refractivity contribution in [3.8, 4) is 0 Å². The molecule has 0 aliphatic heterocycles. The zero-order valence-electron chi connectivity index (χ0n) is 9.38. The largest absolute Gasteiger partial charge is 0.476 e. The summed E-state index contributed by atoms with van der Waals surface area (Å²) in [7, 11) is 1.88. The molecule has 0 saturated carbocycles. The zero-order valence-corrected chi connectivity index (χ0v) is 11.0. The van der Waals surface area contributed by atoms with E-state index in [-0.39, 0.29) is 5.69 Å². The second-order valence-electron chi connectivity index (χ2n) is 3.54. The average molecular weight is 269 g/mol. The molecule has 5 nitrogen and oxygen atoms in total. The van der Waals surface area contributed by atoms with Crippen LogP contribution in [-0.2, 0) is 6.54 Å². The van der Waals surface area contributed by atoms with Crippen molar-refractivity contribution in [2.75, 3.05) is 11.9 Å². The number of rotatable bonds is 4. The number of aromatic carboxylic acids is 1. The predicted octanol–water partition coefficient (Wildman–Crippen LogP) is 2.24. The van der Waals surface area contributed by atoms with Gasteiger partial charge in [0, 0.05) is 17.3 Å². The summed E-state index contributed by atoms with van der Waals surface area (Å²) in [6, 6.07) is 0. The number of carboxylic acid groups (broad SMARTS) is 1. The Labute approximate surface area is 106 Å². The van der Waals surface area contributed by atoms with Crippen LogP contribution >= 0.6 is 22.7 Å². The Kier molecular flexibility index (Phi) is 3.39. The maximum Gasteiger partial charge on any atom is 0.355 e. The molecule has 0 aliphatic rings. The maximum atomic E-state index is 10.9. The molecule has 2 aromatic rings. The Balaban J connectivity index is 2.17. The van der Waals surface area contributed by atoms with Crippen LogP contribution in [0.15, 0.2) is 10.9 Å². The second-order valence-corrected chi connectivity index (χ2v) is 5.44. The van der Waals surface area contributed by atoms with Crippen molar-refractivity contribution in [1.82, 2.24) is 9.97 Å². The van der Waals surface area contributed by atoms with E-state index in [9.17, 15) is 4.79 Å². The molecule has 0 spiro atoms. The maximum absolute atomic E-state index is 10.9. The normalized spacial score (nSPS) is 10.5. The van der Waals surface area contributed by atoms with E-state index in [0.29, 0.717) is 11.7 Å². The van der Waals surface area contributed by atoms with E-state index < -0.39 is 5.97 Å². The Morgan fingerprint density at radius 1 is 1.59 bits per heavy atom. The van der Waals surface area contributed by atoms with Crippen molar-refractivity contribution in [1.29, 1.82) is 0 Å². The van der Waals surface area contributed by atoms with Crippen LogP contribution < -0.4 is 4.90 Å². The third kappa shape index (κ3) is 2.62. The van der Waals surface area contributed by atoms with Crippen LogP contribution in [0.1, 0.15) is 21.1 Å². The Morgan fingerprint density at radius 2 is 2.35 bits per heavy atom. The lowest BCUT2D eigenvalue weighted by Crippen LogP contribution is -2.16. The summed E-state index contributed by atoms with van der Waals surface area (Å²) in [5.74, 6) is -0.980. The van der Waals surface area contributed by atoms with E-state index in [1.54, 1.807) is 23.8 Å². The van der Waals surface area contributed by atoms with Gasteiger partial charge in [-0.25, -0.2) is 14.8 Å². The fraction of sp³-hybridized carbons (Fsp3) is 0.300. The Hall–Kier alpha value is -1.47. The summed E-state index contributed by atoms with van der Waals surface area (Å²) in [6.07, 6.45) is 0. The first-order valence-corrected chi connectivity index (χ1v) is 6.62. The first kappa shape index (κ1) is 12.0. The molecular weight excluding hydrogens is 258 g/mol. The van der Waals surface area contributed by atoms with Crippen LogP contribution in [0.2, 0.25) is 0 Å². The lowest BCUT2D eigenvalue weighted by molar-refractivity contribution is 0.0690. The number of carboxylic acids is 1. The quantitative estimate of drug-likeness (QED) is 0.922. The molecule has 2 heterocycles. The standard InChI is InChI=1S/C10H11N3O2S2/c1-6-8(9(14)15)12-10(17-6)13(2)3-7-4-16-5-11-7/h4-5H,3H2,1-2H3,(H,14,15). The predicted molar refractivity (Wildman–Crippen MR) is 68.0 cm³/mol. The van der Waals surface area contributed by atoms with Gasteiger partial charge in [0.1, 0.15) is 0 Å². The number of carbonyl (C=O) groups is 1. The minimum atomic E-state index is -0.980. The topological polar surface area (TPSA) is 66.3 Å². The molecule has 17 heavy (non-hydrogen) atoms. The van der Waals surface area contributed by atoms with Gasteiger partial charge in [0.25, 0.3) is 0 Å². The van der Waals surface area contributed by atoms with Gasteiger partial charge in [0.2, 0.25) is 0 Å². The summed E-state index contributed by atoms with van der Waals surface area (Å²) in [5.41, 5.74) is 2.87. The molecule has 0 aliphatic carbocycles. The third-order valence-electron chi connectivity index (χ3n) is 2.20. The van der Waals surface area contributed by atoms with E-state index in [1.165, 1.54) is 11.3 Å². The highest BCUT2D eigenvalue weighted by Crippen LogP contribution is 2.25. The number of anilines is 1. The molecule has 1 N–H and O–H groups in total. The SMILES string of the molecule is Cc1sc(N(C)Cc2cscn2)nc1C(=O)O. The molecule has 0 radical (unpaired) electrons. The fourth-order valence-electron chi connectivity index (χ4n) is 1.37. The van der Waals surface area contributed by atoms with Crippen molar-refractivity contribution in [3.63, 3.8) is 0 Å². The zero-order chi connectivity index (χ0) is 12.4. The summed E-state index contributed by atoms with van der Waals surface area (Å²) in [5, 5.41) is 11.6. The number of aromatic nitrogens is 2. The number of hydrogen-bond acceptors (Lipinski definition) is 6. The second kappa shape index (κ2) is 4.80. The molecule has 2 aromatic heterocycles. The van der Waals surface area contributed by atoms with Gasteiger partial charge in [-0.3, -0.25) is 0 Å². The molecule has 0 unspecified atom stereocenters. The van der Waals surface area contributed by atoms with Gasteiger partial charge in [0.05, 0.1) is 17.7 Å². The lowest BCUT2D eigenvalue weighted by atomic mass is 10.4. The highest BCUT2D eigenvalue weighted by Gasteiger charge is 2.16. The molecule has 0 bridgehead atoms. The fourth-order valence-corrected chi connectivity index (χ4v) is 2.78. The first-order valence-electron chi connectivity index (χ1n) is 4.87. The van der Waals surface area contributed by atoms with Crippen molar-refractivity contribution in [2.24, 2.45) is 0 Å². The highest BCUT2D eigenvalue weighted by molar-refractivity contribution is 7.15. The van der Waals surface area contributed by atoms with Gasteiger partial charge < -0.3 is 10.0 Å². The molecule has 0 aromatic carbocycles. The molecule has 2 rings (SSSR count).